The first-order valence-corrected chi connectivity index (χ1v) is 6.36. The van der Waals surface area contributed by atoms with E-state index in [-0.39, 0.29) is 24.6 Å². The molecule has 0 radical (unpaired) electrons. The molecule has 1 amide bonds. The summed E-state index contributed by atoms with van der Waals surface area (Å²) in [4.78, 5) is 11.5. The van der Waals surface area contributed by atoms with Crippen LogP contribution in [0.4, 0.5) is 17.6 Å². The first kappa shape index (κ1) is 17.4. The normalized spacial score (nSPS) is 12.3. The highest BCUT2D eigenvalue weighted by Gasteiger charge is 2.33. The number of amides is 1. The van der Waals surface area contributed by atoms with Gasteiger partial charge in [0.15, 0.2) is 0 Å². The number of alkyl halides is 3. The fourth-order valence-corrected chi connectivity index (χ4v) is 1.74. The molecular weight excluding hydrogens is 288 g/mol. The standard InChI is InChI=1S/C14H18F4N2O/c1-13(2,3)20-12(21)8-19-7-9-4-5-10(15)6-11(9)14(16,17)18/h4-6,19H,7-8H2,1-3H3,(H,20,21). The van der Waals surface area contributed by atoms with Crippen LogP contribution in [0.5, 0.6) is 0 Å². The Labute approximate surface area is 120 Å². The molecule has 118 valence electrons. The van der Waals surface area contributed by atoms with Crippen LogP contribution in [0.2, 0.25) is 0 Å². The molecule has 0 heterocycles. The first-order chi connectivity index (χ1) is 9.49. The molecule has 1 aromatic carbocycles. The molecule has 21 heavy (non-hydrogen) atoms. The quantitative estimate of drug-likeness (QED) is 0.840. The second kappa shape index (κ2) is 6.43. The van der Waals surface area contributed by atoms with Gasteiger partial charge in [0.1, 0.15) is 5.82 Å². The van der Waals surface area contributed by atoms with E-state index in [9.17, 15) is 22.4 Å². The van der Waals surface area contributed by atoms with Crippen LogP contribution < -0.4 is 10.6 Å². The maximum atomic E-state index is 12.9. The lowest BCUT2D eigenvalue weighted by Crippen LogP contribution is -2.44. The summed E-state index contributed by atoms with van der Waals surface area (Å²) in [5.74, 6) is -1.27. The van der Waals surface area contributed by atoms with Gasteiger partial charge in [-0.05, 0) is 38.5 Å². The number of halogens is 4. The van der Waals surface area contributed by atoms with Gasteiger partial charge in [0, 0.05) is 12.1 Å². The second-order valence-corrected chi connectivity index (χ2v) is 5.70. The van der Waals surface area contributed by atoms with Gasteiger partial charge in [-0.3, -0.25) is 4.79 Å². The van der Waals surface area contributed by atoms with Crippen molar-refractivity contribution in [2.24, 2.45) is 0 Å². The summed E-state index contributed by atoms with van der Waals surface area (Å²) in [6.07, 6.45) is -4.63. The van der Waals surface area contributed by atoms with E-state index in [0.29, 0.717) is 6.07 Å². The highest BCUT2D eigenvalue weighted by Crippen LogP contribution is 2.32. The molecule has 0 atom stereocenters. The number of hydrogen-bond donors (Lipinski definition) is 2. The van der Waals surface area contributed by atoms with Gasteiger partial charge in [0.2, 0.25) is 5.91 Å². The lowest BCUT2D eigenvalue weighted by atomic mass is 10.1. The van der Waals surface area contributed by atoms with Crippen molar-refractivity contribution in [2.75, 3.05) is 6.54 Å². The average Bonchev–Trinajstić information content (AvgIpc) is 2.27. The lowest BCUT2D eigenvalue weighted by Gasteiger charge is -2.20. The smallest absolute Gasteiger partial charge is 0.350 e. The van der Waals surface area contributed by atoms with Crippen LogP contribution >= 0.6 is 0 Å². The molecule has 0 bridgehead atoms. The Hall–Kier alpha value is -1.63. The van der Waals surface area contributed by atoms with E-state index in [1.807, 2.05) is 0 Å². The molecule has 3 nitrogen and oxygen atoms in total. The monoisotopic (exact) mass is 306 g/mol. The van der Waals surface area contributed by atoms with E-state index in [0.717, 1.165) is 12.1 Å². The summed E-state index contributed by atoms with van der Waals surface area (Å²) in [7, 11) is 0. The van der Waals surface area contributed by atoms with Crippen LogP contribution in [0, 0.1) is 5.82 Å². The SMILES string of the molecule is CC(C)(C)NC(=O)CNCc1ccc(F)cc1C(F)(F)F. The molecular formula is C14H18F4N2O. The molecule has 0 fully saturated rings. The summed E-state index contributed by atoms with van der Waals surface area (Å²) in [6, 6.07) is 2.47. The minimum Gasteiger partial charge on any atom is -0.350 e. The molecule has 1 aromatic rings. The van der Waals surface area contributed by atoms with Gasteiger partial charge in [0.25, 0.3) is 0 Å². The van der Waals surface area contributed by atoms with Gasteiger partial charge in [0.05, 0.1) is 12.1 Å². The zero-order valence-electron chi connectivity index (χ0n) is 12.1. The van der Waals surface area contributed by atoms with Gasteiger partial charge in [-0.15, -0.1) is 0 Å². The first-order valence-electron chi connectivity index (χ1n) is 6.36. The lowest BCUT2D eigenvalue weighted by molar-refractivity contribution is -0.138. The van der Waals surface area contributed by atoms with E-state index in [1.165, 1.54) is 0 Å². The van der Waals surface area contributed by atoms with Crippen LogP contribution in [0.1, 0.15) is 31.9 Å². The van der Waals surface area contributed by atoms with Crippen molar-refractivity contribution in [2.45, 2.75) is 39.0 Å². The molecule has 0 aliphatic heterocycles. The molecule has 1 rings (SSSR count). The van der Waals surface area contributed by atoms with Gasteiger partial charge in [-0.25, -0.2) is 4.39 Å². The van der Waals surface area contributed by atoms with Crippen molar-refractivity contribution in [3.05, 3.63) is 35.1 Å². The van der Waals surface area contributed by atoms with Crippen molar-refractivity contribution in [3.63, 3.8) is 0 Å². The minimum atomic E-state index is -4.63. The molecule has 0 aliphatic rings. The number of rotatable bonds is 4. The predicted octanol–water partition coefficient (Wildman–Crippen LogP) is 2.85. The third-order valence-electron chi connectivity index (χ3n) is 2.49. The Morgan fingerprint density at radius 1 is 1.19 bits per heavy atom. The van der Waals surface area contributed by atoms with Gasteiger partial charge in [-0.1, -0.05) is 6.07 Å². The molecule has 0 saturated heterocycles. The Morgan fingerprint density at radius 3 is 2.33 bits per heavy atom. The summed E-state index contributed by atoms with van der Waals surface area (Å²) in [5, 5.41) is 5.30. The average molecular weight is 306 g/mol. The summed E-state index contributed by atoms with van der Waals surface area (Å²) >= 11 is 0. The highest BCUT2D eigenvalue weighted by atomic mass is 19.4. The topological polar surface area (TPSA) is 41.1 Å². The largest absolute Gasteiger partial charge is 0.416 e. The van der Waals surface area contributed by atoms with Crippen LogP contribution in [-0.4, -0.2) is 18.0 Å². The van der Waals surface area contributed by atoms with E-state index >= 15 is 0 Å². The van der Waals surface area contributed by atoms with E-state index in [4.69, 9.17) is 0 Å². The third kappa shape index (κ3) is 6.12. The van der Waals surface area contributed by atoms with E-state index in [1.54, 1.807) is 20.8 Å². The maximum absolute atomic E-state index is 12.9. The van der Waals surface area contributed by atoms with Gasteiger partial charge in [-0.2, -0.15) is 13.2 Å². The summed E-state index contributed by atoms with van der Waals surface area (Å²) < 4.78 is 51.2. The Balaban J connectivity index is 2.66. The van der Waals surface area contributed by atoms with Crippen molar-refractivity contribution in [1.29, 1.82) is 0 Å². The Bertz CT molecular complexity index is 507. The van der Waals surface area contributed by atoms with Crippen LogP contribution in [0.25, 0.3) is 0 Å². The number of carbonyl (C=O) groups is 1. The molecule has 0 aromatic heterocycles. The molecule has 0 saturated carbocycles. The third-order valence-corrected chi connectivity index (χ3v) is 2.49. The molecule has 2 N–H and O–H groups in total. The minimum absolute atomic E-state index is 0.104. The molecule has 0 spiro atoms. The van der Waals surface area contributed by atoms with E-state index < -0.39 is 23.1 Å². The second-order valence-electron chi connectivity index (χ2n) is 5.70. The number of hydrogen-bond acceptors (Lipinski definition) is 2. The fraction of sp³-hybridized carbons (Fsp3) is 0.500. The van der Waals surface area contributed by atoms with Crippen LogP contribution in [0.15, 0.2) is 18.2 Å². The van der Waals surface area contributed by atoms with Gasteiger partial charge >= 0.3 is 6.18 Å². The Morgan fingerprint density at radius 2 is 1.81 bits per heavy atom. The van der Waals surface area contributed by atoms with Crippen molar-refractivity contribution in [3.8, 4) is 0 Å². The van der Waals surface area contributed by atoms with Crippen LogP contribution in [-0.2, 0) is 17.5 Å². The zero-order chi connectivity index (χ0) is 16.3. The predicted molar refractivity (Wildman–Crippen MR) is 71.0 cm³/mol. The number of carbonyl (C=O) groups excluding carboxylic acids is 1. The molecule has 7 heteroatoms. The highest BCUT2D eigenvalue weighted by molar-refractivity contribution is 5.78. The fourth-order valence-electron chi connectivity index (χ4n) is 1.74. The Kier molecular flexibility index (Phi) is 5.33. The van der Waals surface area contributed by atoms with E-state index in [2.05, 4.69) is 10.6 Å². The van der Waals surface area contributed by atoms with Crippen molar-refractivity contribution in [1.82, 2.24) is 10.6 Å². The summed E-state index contributed by atoms with van der Waals surface area (Å²) in [5.41, 5.74) is -1.55. The van der Waals surface area contributed by atoms with Crippen molar-refractivity contribution >= 4 is 5.91 Å². The molecule has 0 aliphatic carbocycles. The number of nitrogens with one attached hydrogen (secondary N) is 2. The molecule has 0 unspecified atom stereocenters. The zero-order valence-corrected chi connectivity index (χ0v) is 12.1. The van der Waals surface area contributed by atoms with Gasteiger partial charge < -0.3 is 10.6 Å². The van der Waals surface area contributed by atoms with Crippen molar-refractivity contribution < 1.29 is 22.4 Å². The van der Waals surface area contributed by atoms with Crippen LogP contribution in [0.3, 0.4) is 0 Å². The number of benzene rings is 1. The maximum Gasteiger partial charge on any atom is 0.416 e. The summed E-state index contributed by atoms with van der Waals surface area (Å²) in [6.45, 7) is 5.10.